The molecule has 0 nitrogen and oxygen atoms in total. The summed E-state index contributed by atoms with van der Waals surface area (Å²) in [5, 5.41) is 3.04. The molecule has 0 heterocycles. The summed E-state index contributed by atoms with van der Waals surface area (Å²) in [6.07, 6.45) is 2.40. The molecule has 0 N–H and O–H groups in total. The second-order valence-corrected chi connectivity index (χ2v) is 17.6. The zero-order chi connectivity index (χ0) is 14.7. The van der Waals surface area contributed by atoms with Crippen molar-refractivity contribution in [3.63, 3.8) is 0 Å². The topological polar surface area (TPSA) is 0 Å². The molecule has 0 saturated heterocycles. The third kappa shape index (κ3) is 4.47. The first-order chi connectivity index (χ1) is 8.73. The lowest BCUT2D eigenvalue weighted by Gasteiger charge is -2.27. The molecule has 0 bridgehead atoms. The highest BCUT2D eigenvalue weighted by atomic mass is 35.6. The van der Waals surface area contributed by atoms with Gasteiger partial charge in [-0.2, -0.15) is 11.1 Å². The third-order valence-corrected chi connectivity index (χ3v) is 11.5. The lowest BCUT2D eigenvalue weighted by molar-refractivity contribution is 1.01. The van der Waals surface area contributed by atoms with Crippen LogP contribution in [0.15, 0.2) is 18.2 Å². The van der Waals surface area contributed by atoms with Gasteiger partial charge >= 0.3 is 0 Å². The first kappa shape index (κ1) is 17.0. The minimum atomic E-state index is -1.77. The van der Waals surface area contributed by atoms with Crippen LogP contribution in [-0.2, 0) is 0 Å². The van der Waals surface area contributed by atoms with E-state index in [1.54, 1.807) is 5.19 Å². The number of benzene rings is 1. The van der Waals surface area contributed by atoms with Crippen LogP contribution in [0, 0.1) is 6.92 Å². The molecule has 0 spiro atoms. The van der Waals surface area contributed by atoms with E-state index in [1.165, 1.54) is 35.7 Å². The molecule has 0 aromatic heterocycles. The number of halogens is 1. The fraction of sp³-hybridized carbons (Fsp3) is 0.625. The van der Waals surface area contributed by atoms with Crippen molar-refractivity contribution in [2.75, 3.05) is 0 Å². The molecule has 0 amide bonds. The van der Waals surface area contributed by atoms with E-state index in [0.717, 1.165) is 0 Å². The Morgan fingerprint density at radius 2 is 1.37 bits per heavy atom. The Bertz CT molecular complexity index is 415. The zero-order valence-corrected chi connectivity index (χ0v) is 16.2. The number of aryl methyl sites for hydroxylation is 1. The van der Waals surface area contributed by atoms with Gasteiger partial charge in [-0.15, -0.1) is 0 Å². The van der Waals surface area contributed by atoms with E-state index < -0.39 is 15.5 Å². The summed E-state index contributed by atoms with van der Waals surface area (Å²) in [5.74, 6) is 0. The van der Waals surface area contributed by atoms with Gasteiger partial charge in [-0.3, -0.25) is 0 Å². The lowest BCUT2D eigenvalue weighted by atomic mass is 10.2. The van der Waals surface area contributed by atoms with Gasteiger partial charge in [-0.25, -0.2) is 0 Å². The summed E-state index contributed by atoms with van der Waals surface area (Å²) in [7, 11) is -3.03. The minimum absolute atomic E-state index is 1.20. The van der Waals surface area contributed by atoms with Crippen LogP contribution in [0.1, 0.15) is 32.3 Å². The highest BCUT2D eigenvalue weighted by Gasteiger charge is 2.32. The molecule has 0 fully saturated rings. The summed E-state index contributed by atoms with van der Waals surface area (Å²) in [4.78, 5) is 0. The van der Waals surface area contributed by atoms with Crippen LogP contribution in [0.5, 0.6) is 0 Å². The molecule has 0 saturated carbocycles. The van der Waals surface area contributed by atoms with Crippen molar-refractivity contribution in [2.24, 2.45) is 0 Å². The fourth-order valence-electron chi connectivity index (χ4n) is 2.68. The largest absolute Gasteiger partial charge is 0.186 e. The number of rotatable bonds is 6. The monoisotopic (exact) mass is 312 g/mol. The smallest absolute Gasteiger partial charge is 0.161 e. The summed E-state index contributed by atoms with van der Waals surface area (Å²) in [5.41, 5.74) is 1.39. The Morgan fingerprint density at radius 3 is 1.79 bits per heavy atom. The molecular weight excluding hydrogens is 284 g/mol. The van der Waals surface area contributed by atoms with Crippen LogP contribution < -0.4 is 10.4 Å². The van der Waals surface area contributed by atoms with Crippen molar-refractivity contribution in [3.05, 3.63) is 23.8 Å². The number of hydrogen-bond donors (Lipinski definition) is 0. The summed E-state index contributed by atoms with van der Waals surface area (Å²) >= 11 is 7.11. The molecule has 0 aliphatic heterocycles. The normalized spacial score (nSPS) is 12.8. The average Bonchev–Trinajstić information content (AvgIpc) is 2.27. The molecule has 108 valence electrons. The van der Waals surface area contributed by atoms with Gasteiger partial charge < -0.3 is 0 Å². The van der Waals surface area contributed by atoms with Crippen molar-refractivity contribution < 1.29 is 0 Å². The van der Waals surface area contributed by atoms with Crippen molar-refractivity contribution in [3.8, 4) is 0 Å². The van der Waals surface area contributed by atoms with E-state index in [-0.39, 0.29) is 0 Å². The highest BCUT2D eigenvalue weighted by Crippen LogP contribution is 2.24. The van der Waals surface area contributed by atoms with Crippen molar-refractivity contribution in [1.29, 1.82) is 0 Å². The maximum absolute atomic E-state index is 7.11. The standard InChI is InChI=1S/C16H29ClSi2/c1-7-9-19(17,10-8-2)16-12-14(3)11-15(13-16)18(4,5)6/h11-13H,7-10H2,1-6H3. The van der Waals surface area contributed by atoms with Gasteiger partial charge in [0.05, 0.1) is 8.07 Å². The van der Waals surface area contributed by atoms with Crippen LogP contribution in [0.25, 0.3) is 0 Å². The second-order valence-electron chi connectivity index (χ2n) is 6.80. The molecule has 0 aliphatic rings. The molecule has 0 atom stereocenters. The molecule has 3 heteroatoms. The van der Waals surface area contributed by atoms with Crippen LogP contribution in [0.3, 0.4) is 0 Å². The highest BCUT2D eigenvalue weighted by molar-refractivity contribution is 7.27. The first-order valence-electron chi connectivity index (χ1n) is 7.54. The maximum atomic E-state index is 7.11. The van der Waals surface area contributed by atoms with Crippen LogP contribution >= 0.6 is 11.1 Å². The van der Waals surface area contributed by atoms with Gasteiger partial charge in [0, 0.05) is 0 Å². The van der Waals surface area contributed by atoms with Crippen LogP contribution in [0.2, 0.25) is 31.7 Å². The molecule has 0 radical (unpaired) electrons. The van der Waals surface area contributed by atoms with E-state index in [9.17, 15) is 0 Å². The Hall–Kier alpha value is -0.0562. The molecule has 0 aliphatic carbocycles. The summed E-state index contributed by atoms with van der Waals surface area (Å²) in [6, 6.07) is 9.59. The SMILES string of the molecule is CCC[Si](Cl)(CCC)c1cc(C)cc([Si](C)(C)C)c1. The summed E-state index contributed by atoms with van der Waals surface area (Å²) < 4.78 is 0. The first-order valence-corrected chi connectivity index (χ1v) is 14.5. The Kier molecular flexibility index (Phi) is 5.90. The van der Waals surface area contributed by atoms with E-state index in [1.807, 2.05) is 0 Å². The molecule has 1 aromatic rings. The average molecular weight is 313 g/mol. The number of hydrogen-bond acceptors (Lipinski definition) is 0. The Balaban J connectivity index is 3.27. The molecule has 19 heavy (non-hydrogen) atoms. The predicted octanol–water partition coefficient (Wildman–Crippen LogP) is 4.75. The van der Waals surface area contributed by atoms with Crippen LogP contribution in [0.4, 0.5) is 0 Å². The van der Waals surface area contributed by atoms with Gasteiger partial charge in [0.15, 0.2) is 7.38 Å². The Labute approximate surface area is 126 Å². The van der Waals surface area contributed by atoms with E-state index in [4.69, 9.17) is 11.1 Å². The van der Waals surface area contributed by atoms with E-state index in [2.05, 4.69) is 58.6 Å². The van der Waals surface area contributed by atoms with Crippen LogP contribution in [-0.4, -0.2) is 15.5 Å². The van der Waals surface area contributed by atoms with Crippen molar-refractivity contribution in [2.45, 2.75) is 65.3 Å². The molecule has 0 unspecified atom stereocenters. The van der Waals surface area contributed by atoms with E-state index in [0.29, 0.717) is 0 Å². The minimum Gasteiger partial charge on any atom is -0.161 e. The third-order valence-electron chi connectivity index (χ3n) is 3.75. The molecule has 1 aromatic carbocycles. The molecular formula is C16H29ClSi2. The van der Waals surface area contributed by atoms with Gasteiger partial charge in [-0.05, 0) is 24.2 Å². The summed E-state index contributed by atoms with van der Waals surface area (Å²) in [6.45, 7) is 14.0. The van der Waals surface area contributed by atoms with Crippen molar-refractivity contribution in [1.82, 2.24) is 0 Å². The predicted molar refractivity (Wildman–Crippen MR) is 95.6 cm³/mol. The van der Waals surface area contributed by atoms with Gasteiger partial charge in [0.25, 0.3) is 0 Å². The Morgan fingerprint density at radius 1 is 0.895 bits per heavy atom. The fourth-order valence-corrected chi connectivity index (χ4v) is 8.85. The zero-order valence-electron chi connectivity index (χ0n) is 13.4. The molecule has 1 rings (SSSR count). The van der Waals surface area contributed by atoms with Gasteiger partial charge in [0.1, 0.15) is 0 Å². The quantitative estimate of drug-likeness (QED) is 0.525. The van der Waals surface area contributed by atoms with Gasteiger partial charge in [-0.1, -0.05) is 75.3 Å². The van der Waals surface area contributed by atoms with E-state index >= 15 is 0 Å². The second kappa shape index (κ2) is 6.60. The van der Waals surface area contributed by atoms with Gasteiger partial charge in [0.2, 0.25) is 0 Å². The maximum Gasteiger partial charge on any atom is 0.186 e. The lowest BCUT2D eigenvalue weighted by Crippen LogP contribution is -2.47. The van der Waals surface area contributed by atoms with Crippen molar-refractivity contribution >= 4 is 36.9 Å².